The SMILES string of the molecule is N#CC(=Cc1cn(Cc2ccc3ccccc3c2)c2ccccc12)c1cccc([N+](=O)[O-])c1. The number of aromatic nitrogens is 1. The Hall–Kier alpha value is -4.69. The number of fused-ring (bicyclic) bond motifs is 2. The summed E-state index contributed by atoms with van der Waals surface area (Å²) in [4.78, 5) is 10.7. The molecular formula is C28H19N3O2. The van der Waals surface area contributed by atoms with E-state index in [-0.39, 0.29) is 5.69 Å². The molecular weight excluding hydrogens is 410 g/mol. The molecule has 0 unspecified atom stereocenters. The highest BCUT2D eigenvalue weighted by Gasteiger charge is 2.12. The predicted octanol–water partition coefficient (Wildman–Crippen LogP) is 6.82. The van der Waals surface area contributed by atoms with Gasteiger partial charge in [-0.2, -0.15) is 5.26 Å². The van der Waals surface area contributed by atoms with Gasteiger partial charge in [-0.3, -0.25) is 10.1 Å². The fourth-order valence-electron chi connectivity index (χ4n) is 4.18. The Morgan fingerprint density at radius 3 is 2.55 bits per heavy atom. The lowest BCUT2D eigenvalue weighted by Crippen LogP contribution is -1.97. The van der Waals surface area contributed by atoms with Crippen LogP contribution in [0.3, 0.4) is 0 Å². The van der Waals surface area contributed by atoms with E-state index in [0.717, 1.165) is 16.5 Å². The molecule has 0 aliphatic heterocycles. The molecule has 0 fully saturated rings. The number of nitriles is 1. The molecule has 0 saturated carbocycles. The van der Waals surface area contributed by atoms with Gasteiger partial charge in [0.25, 0.3) is 5.69 Å². The number of allylic oxidation sites excluding steroid dienone is 1. The Bertz CT molecular complexity index is 1590. The van der Waals surface area contributed by atoms with Crippen molar-refractivity contribution < 1.29 is 4.92 Å². The molecule has 0 atom stereocenters. The van der Waals surface area contributed by atoms with Crippen molar-refractivity contribution in [1.82, 2.24) is 4.57 Å². The molecule has 1 heterocycles. The van der Waals surface area contributed by atoms with Crippen molar-refractivity contribution in [2.45, 2.75) is 6.54 Å². The normalized spacial score (nSPS) is 11.5. The quantitative estimate of drug-likeness (QED) is 0.175. The lowest BCUT2D eigenvalue weighted by molar-refractivity contribution is -0.384. The number of benzene rings is 4. The Morgan fingerprint density at radius 1 is 0.939 bits per heavy atom. The average Bonchev–Trinajstić information content (AvgIpc) is 3.19. The maximum atomic E-state index is 11.2. The second-order valence-electron chi connectivity index (χ2n) is 7.89. The molecule has 0 aliphatic rings. The van der Waals surface area contributed by atoms with Gasteiger partial charge in [0.05, 0.1) is 16.6 Å². The molecule has 4 aromatic carbocycles. The molecule has 5 nitrogen and oxygen atoms in total. The summed E-state index contributed by atoms with van der Waals surface area (Å²) in [6, 6.07) is 31.2. The molecule has 5 aromatic rings. The molecule has 0 amide bonds. The summed E-state index contributed by atoms with van der Waals surface area (Å²) in [5.74, 6) is 0. The topological polar surface area (TPSA) is 71.9 Å². The van der Waals surface area contributed by atoms with Crippen LogP contribution in [-0.4, -0.2) is 9.49 Å². The van der Waals surface area contributed by atoms with Crippen molar-refractivity contribution in [3.05, 3.63) is 124 Å². The highest BCUT2D eigenvalue weighted by Crippen LogP contribution is 2.28. The van der Waals surface area contributed by atoms with Gasteiger partial charge in [0.15, 0.2) is 0 Å². The predicted molar refractivity (Wildman–Crippen MR) is 132 cm³/mol. The molecule has 1 aromatic heterocycles. The maximum Gasteiger partial charge on any atom is 0.270 e. The zero-order valence-corrected chi connectivity index (χ0v) is 17.7. The van der Waals surface area contributed by atoms with Crippen molar-refractivity contribution in [2.75, 3.05) is 0 Å². The molecule has 0 N–H and O–H groups in total. The van der Waals surface area contributed by atoms with Gasteiger partial charge in [-0.05, 0) is 40.1 Å². The van der Waals surface area contributed by atoms with Gasteiger partial charge >= 0.3 is 0 Å². The van der Waals surface area contributed by atoms with Crippen LogP contribution in [0.5, 0.6) is 0 Å². The molecule has 0 saturated heterocycles. The first-order chi connectivity index (χ1) is 16.1. The van der Waals surface area contributed by atoms with E-state index >= 15 is 0 Å². The number of non-ortho nitro benzene ring substituents is 1. The maximum absolute atomic E-state index is 11.2. The monoisotopic (exact) mass is 429 g/mol. The lowest BCUT2D eigenvalue weighted by Gasteiger charge is -2.07. The number of hydrogen-bond donors (Lipinski definition) is 0. The molecule has 5 heteroatoms. The van der Waals surface area contributed by atoms with Gasteiger partial charge in [-0.15, -0.1) is 0 Å². The van der Waals surface area contributed by atoms with E-state index in [2.05, 4.69) is 47.0 Å². The smallest absolute Gasteiger partial charge is 0.270 e. The summed E-state index contributed by atoms with van der Waals surface area (Å²) in [6.07, 6.45) is 3.84. The first-order valence-corrected chi connectivity index (χ1v) is 10.5. The molecule has 0 aliphatic carbocycles. The minimum Gasteiger partial charge on any atom is -0.342 e. The Balaban J connectivity index is 1.57. The number of nitro benzene ring substituents is 1. The van der Waals surface area contributed by atoms with Crippen molar-refractivity contribution in [3.63, 3.8) is 0 Å². The van der Waals surface area contributed by atoms with E-state index in [9.17, 15) is 15.4 Å². The second-order valence-corrected chi connectivity index (χ2v) is 7.89. The largest absolute Gasteiger partial charge is 0.342 e. The van der Waals surface area contributed by atoms with Crippen LogP contribution in [0.25, 0.3) is 33.3 Å². The van der Waals surface area contributed by atoms with E-state index in [1.807, 2.05) is 36.5 Å². The number of rotatable bonds is 5. The molecule has 33 heavy (non-hydrogen) atoms. The Kier molecular flexibility index (Phi) is 5.18. The van der Waals surface area contributed by atoms with E-state index < -0.39 is 4.92 Å². The third kappa shape index (κ3) is 3.98. The third-order valence-electron chi connectivity index (χ3n) is 5.77. The van der Waals surface area contributed by atoms with Crippen molar-refractivity contribution in [1.29, 1.82) is 5.26 Å². The summed E-state index contributed by atoms with van der Waals surface area (Å²) >= 11 is 0. The highest BCUT2D eigenvalue weighted by atomic mass is 16.6. The van der Waals surface area contributed by atoms with Gasteiger partial charge in [0, 0.05) is 41.3 Å². The highest BCUT2D eigenvalue weighted by molar-refractivity contribution is 5.98. The third-order valence-corrected chi connectivity index (χ3v) is 5.77. The van der Waals surface area contributed by atoms with E-state index in [1.54, 1.807) is 18.2 Å². The summed E-state index contributed by atoms with van der Waals surface area (Å²) in [6.45, 7) is 0.692. The van der Waals surface area contributed by atoms with Gasteiger partial charge in [-0.1, -0.05) is 66.7 Å². The fourth-order valence-corrected chi connectivity index (χ4v) is 4.18. The Labute approximate surface area is 190 Å². The molecule has 0 bridgehead atoms. The zero-order chi connectivity index (χ0) is 22.8. The molecule has 158 valence electrons. The summed E-state index contributed by atoms with van der Waals surface area (Å²) in [5.41, 5.74) is 4.02. The standard InChI is InChI=1S/C28H19N3O2/c29-17-24(23-8-5-9-26(16-23)31(32)33)15-25-19-30(28-11-4-3-10-27(25)28)18-20-12-13-21-6-1-2-7-22(21)14-20/h1-16,19H,18H2. The van der Waals surface area contributed by atoms with Crippen molar-refractivity contribution in [3.8, 4) is 6.07 Å². The fraction of sp³-hybridized carbons (Fsp3) is 0.0357. The number of nitrogens with zero attached hydrogens (tertiary/aromatic N) is 3. The van der Waals surface area contributed by atoms with Gasteiger partial charge in [0.2, 0.25) is 0 Å². The summed E-state index contributed by atoms with van der Waals surface area (Å²) in [5, 5.41) is 24.4. The zero-order valence-electron chi connectivity index (χ0n) is 17.7. The van der Waals surface area contributed by atoms with Crippen LogP contribution < -0.4 is 0 Å². The minimum absolute atomic E-state index is 0.0348. The van der Waals surface area contributed by atoms with Crippen LogP contribution in [0.2, 0.25) is 0 Å². The summed E-state index contributed by atoms with van der Waals surface area (Å²) in [7, 11) is 0. The van der Waals surface area contributed by atoms with Crippen LogP contribution >= 0.6 is 0 Å². The van der Waals surface area contributed by atoms with Crippen molar-refractivity contribution in [2.24, 2.45) is 0 Å². The molecule has 0 radical (unpaired) electrons. The number of hydrogen-bond acceptors (Lipinski definition) is 3. The van der Waals surface area contributed by atoms with Crippen LogP contribution in [-0.2, 0) is 6.54 Å². The minimum atomic E-state index is -0.450. The number of nitro groups is 1. The van der Waals surface area contributed by atoms with Crippen LogP contribution in [0, 0.1) is 21.4 Å². The first kappa shape index (κ1) is 20.2. The first-order valence-electron chi connectivity index (χ1n) is 10.5. The molecule has 0 spiro atoms. The van der Waals surface area contributed by atoms with Crippen molar-refractivity contribution >= 4 is 39.0 Å². The average molecular weight is 429 g/mol. The van der Waals surface area contributed by atoms with E-state index in [4.69, 9.17) is 0 Å². The van der Waals surface area contributed by atoms with E-state index in [1.165, 1.54) is 28.5 Å². The lowest BCUT2D eigenvalue weighted by atomic mass is 10.0. The number of para-hydroxylation sites is 1. The second kappa shape index (κ2) is 8.45. The van der Waals surface area contributed by atoms with Crippen LogP contribution in [0.15, 0.2) is 97.2 Å². The molecule has 5 rings (SSSR count). The van der Waals surface area contributed by atoms with Gasteiger partial charge in [0.1, 0.15) is 0 Å². The van der Waals surface area contributed by atoms with Crippen LogP contribution in [0.4, 0.5) is 5.69 Å². The summed E-state index contributed by atoms with van der Waals surface area (Å²) < 4.78 is 2.17. The van der Waals surface area contributed by atoms with E-state index in [0.29, 0.717) is 17.7 Å². The van der Waals surface area contributed by atoms with Gasteiger partial charge < -0.3 is 4.57 Å². The van der Waals surface area contributed by atoms with Crippen LogP contribution in [0.1, 0.15) is 16.7 Å². The Morgan fingerprint density at radius 2 is 1.73 bits per heavy atom. The van der Waals surface area contributed by atoms with Gasteiger partial charge in [-0.25, -0.2) is 0 Å².